The molecule has 20 heavy (non-hydrogen) atoms. The summed E-state index contributed by atoms with van der Waals surface area (Å²) in [5.74, 6) is 5.07. The number of hydrogen-bond acceptors (Lipinski definition) is 3. The van der Waals surface area contributed by atoms with Crippen molar-refractivity contribution in [3.05, 3.63) is 28.2 Å². The number of nitrogens with zero attached hydrogens (tertiary/aromatic N) is 4. The van der Waals surface area contributed by atoms with Gasteiger partial charge in [0.05, 0.1) is 18.8 Å². The summed E-state index contributed by atoms with van der Waals surface area (Å²) in [5.41, 5.74) is 6.10. The highest BCUT2D eigenvalue weighted by Gasteiger charge is 2.28. The summed E-state index contributed by atoms with van der Waals surface area (Å²) < 4.78 is 1.89. The van der Waals surface area contributed by atoms with Gasteiger partial charge in [0.2, 0.25) is 0 Å². The lowest BCUT2D eigenvalue weighted by molar-refractivity contribution is -0.125. The van der Waals surface area contributed by atoms with Crippen LogP contribution in [0.15, 0.2) is 0 Å². The largest absolute Gasteiger partial charge is 0.321 e. The fourth-order valence-electron chi connectivity index (χ4n) is 2.54. The lowest BCUT2D eigenvalue weighted by Gasteiger charge is -2.12. The monoisotopic (exact) mass is 268 g/mol. The summed E-state index contributed by atoms with van der Waals surface area (Å²) >= 11 is 0. The van der Waals surface area contributed by atoms with Crippen molar-refractivity contribution in [2.24, 2.45) is 0 Å². The van der Waals surface area contributed by atoms with Gasteiger partial charge in [-0.3, -0.25) is 4.79 Å². The second-order valence-electron chi connectivity index (χ2n) is 5.10. The van der Waals surface area contributed by atoms with E-state index in [0.717, 1.165) is 33.9 Å². The maximum absolute atomic E-state index is 11.8. The minimum Gasteiger partial charge on any atom is -0.321 e. The van der Waals surface area contributed by atoms with Crippen LogP contribution in [0.3, 0.4) is 0 Å². The van der Waals surface area contributed by atoms with Gasteiger partial charge in [-0.15, -0.1) is 0 Å². The average Bonchev–Trinajstić information content (AvgIpc) is 2.95. The normalized spacial score (nSPS) is 13.3. The van der Waals surface area contributed by atoms with Crippen molar-refractivity contribution in [3.8, 4) is 11.8 Å². The van der Waals surface area contributed by atoms with Crippen molar-refractivity contribution < 1.29 is 4.79 Å². The lowest BCUT2D eigenvalue weighted by Crippen LogP contribution is -2.24. The van der Waals surface area contributed by atoms with E-state index in [4.69, 9.17) is 0 Å². The number of amides is 1. The number of fused-ring (bicyclic) bond motifs is 3. The van der Waals surface area contributed by atoms with Crippen molar-refractivity contribution >= 4 is 11.6 Å². The van der Waals surface area contributed by atoms with E-state index in [1.54, 1.807) is 11.8 Å². The van der Waals surface area contributed by atoms with Crippen molar-refractivity contribution in [2.45, 2.75) is 40.8 Å². The molecule has 0 unspecified atom stereocenters. The van der Waals surface area contributed by atoms with Crippen LogP contribution in [0.5, 0.6) is 0 Å². The van der Waals surface area contributed by atoms with E-state index in [-0.39, 0.29) is 5.91 Å². The molecule has 1 aliphatic rings. The molecule has 3 rings (SSSR count). The quantitative estimate of drug-likeness (QED) is 0.681. The number of hydrogen-bond donors (Lipinski definition) is 0. The molecule has 2 aromatic heterocycles. The first-order chi connectivity index (χ1) is 9.52. The zero-order chi connectivity index (χ0) is 14.4. The van der Waals surface area contributed by atoms with E-state index in [1.165, 1.54) is 0 Å². The average molecular weight is 268 g/mol. The zero-order valence-corrected chi connectivity index (χ0v) is 12.1. The van der Waals surface area contributed by atoms with Gasteiger partial charge in [0.15, 0.2) is 5.65 Å². The Morgan fingerprint density at radius 2 is 2.00 bits per heavy atom. The van der Waals surface area contributed by atoms with E-state index in [9.17, 15) is 4.79 Å². The Kier molecular flexibility index (Phi) is 2.75. The van der Waals surface area contributed by atoms with Gasteiger partial charge >= 0.3 is 0 Å². The van der Waals surface area contributed by atoms with Crippen LogP contribution in [0.25, 0.3) is 5.65 Å². The molecular weight excluding hydrogens is 252 g/mol. The van der Waals surface area contributed by atoms with Gasteiger partial charge in [-0.25, -0.2) is 9.50 Å². The Morgan fingerprint density at radius 3 is 2.70 bits per heavy atom. The second-order valence-corrected chi connectivity index (χ2v) is 5.10. The molecule has 5 nitrogen and oxygen atoms in total. The summed E-state index contributed by atoms with van der Waals surface area (Å²) in [6.07, 6.45) is 0. The maximum atomic E-state index is 11.8. The van der Waals surface area contributed by atoms with E-state index >= 15 is 0 Å². The summed E-state index contributed by atoms with van der Waals surface area (Å²) in [5, 5.41) is 4.60. The molecule has 2 aromatic rings. The van der Waals surface area contributed by atoms with Gasteiger partial charge in [0.25, 0.3) is 5.91 Å². The standard InChI is InChI=1S/C15H16N4O/c1-5-6-14(20)18-7-12-13(8-18)17-19-11(4)9(2)10(3)16-15(12)19/h7-8H2,1-4H3. The van der Waals surface area contributed by atoms with Crippen molar-refractivity contribution in [2.75, 3.05) is 0 Å². The summed E-state index contributed by atoms with van der Waals surface area (Å²) in [6, 6.07) is 0. The number of rotatable bonds is 0. The van der Waals surface area contributed by atoms with Gasteiger partial charge in [-0.05, 0) is 39.2 Å². The zero-order valence-electron chi connectivity index (χ0n) is 12.1. The fourth-order valence-corrected chi connectivity index (χ4v) is 2.54. The molecule has 1 amide bonds. The van der Waals surface area contributed by atoms with Crippen LogP contribution in [-0.2, 0) is 17.9 Å². The van der Waals surface area contributed by atoms with E-state index in [1.807, 2.05) is 18.4 Å². The molecule has 0 atom stereocenters. The third-order valence-corrected chi connectivity index (χ3v) is 3.93. The van der Waals surface area contributed by atoms with Crippen LogP contribution in [0, 0.1) is 32.6 Å². The van der Waals surface area contributed by atoms with Crippen LogP contribution in [0.4, 0.5) is 0 Å². The Morgan fingerprint density at radius 1 is 1.25 bits per heavy atom. The number of carbonyl (C=O) groups excluding carboxylic acids is 1. The molecule has 0 saturated heterocycles. The van der Waals surface area contributed by atoms with Crippen LogP contribution < -0.4 is 0 Å². The van der Waals surface area contributed by atoms with Crippen LogP contribution in [-0.4, -0.2) is 25.4 Å². The molecule has 5 heteroatoms. The topological polar surface area (TPSA) is 50.5 Å². The van der Waals surface area contributed by atoms with Crippen LogP contribution in [0.1, 0.15) is 35.1 Å². The van der Waals surface area contributed by atoms with Gasteiger partial charge in [0, 0.05) is 17.0 Å². The minimum absolute atomic E-state index is 0.149. The summed E-state index contributed by atoms with van der Waals surface area (Å²) in [4.78, 5) is 18.2. The van der Waals surface area contributed by atoms with E-state index in [0.29, 0.717) is 13.1 Å². The molecule has 0 aromatic carbocycles. The Bertz CT molecular complexity index is 792. The third-order valence-electron chi connectivity index (χ3n) is 3.93. The van der Waals surface area contributed by atoms with Crippen molar-refractivity contribution in [1.29, 1.82) is 0 Å². The summed E-state index contributed by atoms with van der Waals surface area (Å²) in [6.45, 7) is 8.83. The highest BCUT2D eigenvalue weighted by atomic mass is 16.2. The molecule has 0 aliphatic carbocycles. The second kappa shape index (κ2) is 4.34. The first-order valence-corrected chi connectivity index (χ1v) is 6.59. The molecule has 0 spiro atoms. The Balaban J connectivity index is 2.08. The van der Waals surface area contributed by atoms with E-state index in [2.05, 4.69) is 28.8 Å². The number of aromatic nitrogens is 3. The predicted octanol–water partition coefficient (Wildman–Crippen LogP) is 1.52. The fraction of sp³-hybridized carbons (Fsp3) is 0.400. The van der Waals surface area contributed by atoms with E-state index < -0.39 is 0 Å². The van der Waals surface area contributed by atoms with Crippen LogP contribution in [0.2, 0.25) is 0 Å². The maximum Gasteiger partial charge on any atom is 0.299 e. The first kappa shape index (κ1) is 12.7. The molecule has 0 bridgehead atoms. The van der Waals surface area contributed by atoms with Crippen molar-refractivity contribution in [3.63, 3.8) is 0 Å². The molecule has 0 fully saturated rings. The number of aryl methyl sites for hydroxylation is 2. The molecule has 3 heterocycles. The Hall–Kier alpha value is -2.35. The molecule has 0 saturated carbocycles. The SMILES string of the molecule is CC#CC(=O)N1Cc2nn3c(C)c(C)c(C)nc3c2C1. The van der Waals surface area contributed by atoms with Gasteiger partial charge in [-0.2, -0.15) is 5.10 Å². The molecular formula is C15H16N4O. The highest BCUT2D eigenvalue weighted by Crippen LogP contribution is 2.27. The third kappa shape index (κ3) is 1.68. The molecule has 0 radical (unpaired) electrons. The van der Waals surface area contributed by atoms with Crippen molar-refractivity contribution in [1.82, 2.24) is 19.5 Å². The van der Waals surface area contributed by atoms with Crippen LogP contribution >= 0.6 is 0 Å². The summed E-state index contributed by atoms with van der Waals surface area (Å²) in [7, 11) is 0. The molecule has 0 N–H and O–H groups in total. The molecule has 102 valence electrons. The highest BCUT2D eigenvalue weighted by molar-refractivity contribution is 5.93. The minimum atomic E-state index is -0.149. The number of carbonyl (C=O) groups is 1. The first-order valence-electron chi connectivity index (χ1n) is 6.59. The van der Waals surface area contributed by atoms with Gasteiger partial charge in [-0.1, -0.05) is 5.92 Å². The smallest absolute Gasteiger partial charge is 0.299 e. The predicted molar refractivity (Wildman–Crippen MR) is 74.9 cm³/mol. The van der Waals surface area contributed by atoms with Gasteiger partial charge < -0.3 is 4.90 Å². The Labute approximate surface area is 117 Å². The molecule has 1 aliphatic heterocycles. The van der Waals surface area contributed by atoms with Gasteiger partial charge in [0.1, 0.15) is 0 Å². The lowest BCUT2D eigenvalue weighted by atomic mass is 10.2.